The standard InChI is InChI=1S/C9H11NO.CH4/c1-7-3-4-9-8(5-7)10(2)6-11-9;/h3-5H,6H2,1-2H3;1H4. The molecule has 1 aromatic rings. The first-order valence-corrected chi connectivity index (χ1v) is 3.72. The average molecular weight is 165 g/mol. The van der Waals surface area contributed by atoms with E-state index in [9.17, 15) is 0 Å². The molecule has 1 aliphatic rings. The fourth-order valence-corrected chi connectivity index (χ4v) is 1.28. The fraction of sp³-hybridized carbons (Fsp3) is 0.400. The summed E-state index contributed by atoms with van der Waals surface area (Å²) in [5.74, 6) is 0.998. The maximum absolute atomic E-state index is 5.39. The second-order valence-corrected chi connectivity index (χ2v) is 2.94. The van der Waals surface area contributed by atoms with Crippen LogP contribution in [0.25, 0.3) is 0 Å². The highest BCUT2D eigenvalue weighted by Gasteiger charge is 2.15. The summed E-state index contributed by atoms with van der Waals surface area (Å²) in [4.78, 5) is 2.10. The number of ether oxygens (including phenoxy) is 1. The van der Waals surface area contributed by atoms with Gasteiger partial charge in [0, 0.05) is 7.05 Å². The molecule has 0 radical (unpaired) electrons. The molecule has 1 aliphatic heterocycles. The number of hydrogen-bond donors (Lipinski definition) is 0. The third-order valence-corrected chi connectivity index (χ3v) is 1.94. The van der Waals surface area contributed by atoms with Crippen LogP contribution >= 0.6 is 0 Å². The summed E-state index contributed by atoms with van der Waals surface area (Å²) in [6.45, 7) is 2.77. The van der Waals surface area contributed by atoms with Gasteiger partial charge in [0.1, 0.15) is 5.75 Å². The Hall–Kier alpha value is -1.18. The van der Waals surface area contributed by atoms with E-state index >= 15 is 0 Å². The highest BCUT2D eigenvalue weighted by molar-refractivity contribution is 5.61. The summed E-state index contributed by atoms with van der Waals surface area (Å²) in [5, 5.41) is 0. The molecule has 0 atom stereocenters. The van der Waals surface area contributed by atoms with E-state index in [1.165, 1.54) is 11.3 Å². The molecule has 0 bridgehead atoms. The maximum Gasteiger partial charge on any atom is 0.161 e. The number of nitrogens with zero attached hydrogens (tertiary/aromatic N) is 1. The minimum Gasteiger partial charge on any atom is -0.471 e. The van der Waals surface area contributed by atoms with Crippen molar-refractivity contribution in [3.8, 4) is 5.75 Å². The number of fused-ring (bicyclic) bond motifs is 1. The van der Waals surface area contributed by atoms with Gasteiger partial charge in [-0.05, 0) is 24.6 Å². The second-order valence-electron chi connectivity index (χ2n) is 2.94. The quantitative estimate of drug-likeness (QED) is 0.585. The predicted molar refractivity (Wildman–Crippen MR) is 51.8 cm³/mol. The molecule has 2 nitrogen and oxygen atoms in total. The Morgan fingerprint density at radius 2 is 2.17 bits per heavy atom. The van der Waals surface area contributed by atoms with E-state index in [1.54, 1.807) is 0 Å². The SMILES string of the molecule is C.Cc1ccc2c(c1)N(C)CO2. The number of anilines is 1. The fourth-order valence-electron chi connectivity index (χ4n) is 1.28. The van der Waals surface area contributed by atoms with Crippen LogP contribution in [0, 0.1) is 6.92 Å². The summed E-state index contributed by atoms with van der Waals surface area (Å²) in [6, 6.07) is 6.23. The lowest BCUT2D eigenvalue weighted by Crippen LogP contribution is -2.14. The van der Waals surface area contributed by atoms with Crippen molar-refractivity contribution in [2.75, 3.05) is 18.7 Å². The molecule has 0 spiro atoms. The summed E-state index contributed by atoms with van der Waals surface area (Å²) in [7, 11) is 2.03. The lowest BCUT2D eigenvalue weighted by molar-refractivity contribution is 0.353. The van der Waals surface area contributed by atoms with Crippen molar-refractivity contribution in [3.63, 3.8) is 0 Å². The highest BCUT2D eigenvalue weighted by Crippen LogP contribution is 2.32. The monoisotopic (exact) mass is 165 g/mol. The third-order valence-electron chi connectivity index (χ3n) is 1.94. The van der Waals surface area contributed by atoms with Crippen LogP contribution in [0.2, 0.25) is 0 Å². The molecule has 1 aromatic carbocycles. The second kappa shape index (κ2) is 3.05. The van der Waals surface area contributed by atoms with Crippen molar-refractivity contribution in [3.05, 3.63) is 23.8 Å². The van der Waals surface area contributed by atoms with Gasteiger partial charge in [0.15, 0.2) is 6.73 Å². The largest absolute Gasteiger partial charge is 0.471 e. The highest BCUT2D eigenvalue weighted by atomic mass is 16.5. The van der Waals surface area contributed by atoms with Crippen molar-refractivity contribution in [1.82, 2.24) is 0 Å². The van der Waals surface area contributed by atoms with Gasteiger partial charge in [0.2, 0.25) is 0 Å². The van der Waals surface area contributed by atoms with Crippen LogP contribution in [0.5, 0.6) is 5.75 Å². The normalized spacial score (nSPS) is 13.3. The van der Waals surface area contributed by atoms with E-state index in [0.29, 0.717) is 6.73 Å². The van der Waals surface area contributed by atoms with Crippen molar-refractivity contribution in [1.29, 1.82) is 0 Å². The van der Waals surface area contributed by atoms with Crippen LogP contribution in [0.15, 0.2) is 18.2 Å². The Labute approximate surface area is 73.8 Å². The molecule has 2 heteroatoms. The maximum atomic E-state index is 5.39. The molecule has 0 saturated heterocycles. The van der Waals surface area contributed by atoms with Crippen LogP contribution in [-0.2, 0) is 0 Å². The molecule has 1 heterocycles. The van der Waals surface area contributed by atoms with Gasteiger partial charge in [0.25, 0.3) is 0 Å². The van der Waals surface area contributed by atoms with Crippen molar-refractivity contribution < 1.29 is 4.74 Å². The Morgan fingerprint density at radius 1 is 1.42 bits per heavy atom. The minimum absolute atomic E-state index is 0. The van der Waals surface area contributed by atoms with Gasteiger partial charge in [-0.1, -0.05) is 13.5 Å². The first kappa shape index (κ1) is 8.91. The lowest BCUT2D eigenvalue weighted by Gasteiger charge is -2.07. The topological polar surface area (TPSA) is 12.5 Å². The molecule has 2 rings (SSSR count). The van der Waals surface area contributed by atoms with Gasteiger partial charge >= 0.3 is 0 Å². The molecule has 12 heavy (non-hydrogen) atoms. The number of hydrogen-bond acceptors (Lipinski definition) is 2. The van der Waals surface area contributed by atoms with E-state index in [0.717, 1.165) is 5.75 Å². The molecule has 0 N–H and O–H groups in total. The Kier molecular flexibility index (Phi) is 2.27. The average Bonchev–Trinajstić information content (AvgIpc) is 2.33. The lowest BCUT2D eigenvalue weighted by atomic mass is 10.2. The molecular weight excluding hydrogens is 150 g/mol. The van der Waals surface area contributed by atoms with Gasteiger partial charge in [-0.2, -0.15) is 0 Å². The van der Waals surface area contributed by atoms with Crippen LogP contribution in [0.3, 0.4) is 0 Å². The predicted octanol–water partition coefficient (Wildman–Crippen LogP) is 2.42. The van der Waals surface area contributed by atoms with Crippen molar-refractivity contribution in [2.24, 2.45) is 0 Å². The molecule has 0 saturated carbocycles. The van der Waals surface area contributed by atoms with Crippen LogP contribution in [-0.4, -0.2) is 13.8 Å². The van der Waals surface area contributed by atoms with Gasteiger partial charge < -0.3 is 9.64 Å². The summed E-state index contributed by atoms with van der Waals surface area (Å²) in [6.07, 6.45) is 0. The van der Waals surface area contributed by atoms with Crippen LogP contribution < -0.4 is 9.64 Å². The molecule has 0 fully saturated rings. The zero-order chi connectivity index (χ0) is 7.84. The van der Waals surface area contributed by atoms with Gasteiger partial charge in [-0.15, -0.1) is 0 Å². The minimum atomic E-state index is 0. The van der Waals surface area contributed by atoms with Gasteiger partial charge in [-0.25, -0.2) is 0 Å². The molecule has 0 unspecified atom stereocenters. The van der Waals surface area contributed by atoms with Crippen LogP contribution in [0.1, 0.15) is 13.0 Å². The zero-order valence-electron chi connectivity index (χ0n) is 6.79. The van der Waals surface area contributed by atoms with E-state index in [-0.39, 0.29) is 7.43 Å². The first-order chi connectivity index (χ1) is 5.27. The Balaban J connectivity index is 0.000000720. The first-order valence-electron chi connectivity index (χ1n) is 3.72. The molecule has 0 aromatic heterocycles. The molecule has 0 amide bonds. The van der Waals surface area contributed by atoms with Crippen LogP contribution in [0.4, 0.5) is 5.69 Å². The van der Waals surface area contributed by atoms with Crippen molar-refractivity contribution in [2.45, 2.75) is 14.4 Å². The van der Waals surface area contributed by atoms with E-state index in [4.69, 9.17) is 4.74 Å². The summed E-state index contributed by atoms with van der Waals surface area (Å²) in [5.41, 5.74) is 2.48. The Bertz CT molecular complexity index is 283. The van der Waals surface area contributed by atoms with E-state index in [2.05, 4.69) is 24.0 Å². The molecular formula is C10H15NO. The summed E-state index contributed by atoms with van der Waals surface area (Å²) < 4.78 is 5.39. The number of rotatable bonds is 0. The van der Waals surface area contributed by atoms with Crippen molar-refractivity contribution >= 4 is 5.69 Å². The van der Waals surface area contributed by atoms with Gasteiger partial charge in [0.05, 0.1) is 5.69 Å². The molecule has 0 aliphatic carbocycles. The van der Waals surface area contributed by atoms with E-state index in [1.807, 2.05) is 13.1 Å². The van der Waals surface area contributed by atoms with Gasteiger partial charge in [-0.3, -0.25) is 0 Å². The Morgan fingerprint density at radius 3 is 2.92 bits per heavy atom. The number of aryl methyl sites for hydroxylation is 1. The number of benzene rings is 1. The van der Waals surface area contributed by atoms with E-state index < -0.39 is 0 Å². The molecule has 66 valence electrons. The smallest absolute Gasteiger partial charge is 0.161 e. The third kappa shape index (κ3) is 1.24. The zero-order valence-corrected chi connectivity index (χ0v) is 6.79. The summed E-state index contributed by atoms with van der Waals surface area (Å²) >= 11 is 0.